The van der Waals surface area contributed by atoms with Crippen LogP contribution in [0.1, 0.15) is 13.3 Å². The van der Waals surface area contributed by atoms with E-state index in [4.69, 9.17) is 16.7 Å². The Hall–Kier alpha value is -1.66. The first-order chi connectivity index (χ1) is 8.97. The van der Waals surface area contributed by atoms with Gasteiger partial charge in [-0.05, 0) is 24.6 Å². The number of rotatable bonds is 4. The Morgan fingerprint density at radius 2 is 2.11 bits per heavy atom. The van der Waals surface area contributed by atoms with E-state index in [-0.39, 0.29) is 17.3 Å². The molecule has 0 fully saturated rings. The van der Waals surface area contributed by atoms with Gasteiger partial charge in [-0.25, -0.2) is 4.39 Å². The summed E-state index contributed by atoms with van der Waals surface area (Å²) in [6.07, 6.45) is 0.498. The number of benzene rings is 1. The molecular weight excluding hydrogens is 275 g/mol. The lowest BCUT2D eigenvalue weighted by Crippen LogP contribution is -2.43. The fourth-order valence-electron chi connectivity index (χ4n) is 1.29. The summed E-state index contributed by atoms with van der Waals surface area (Å²) in [7, 11) is 0. The van der Waals surface area contributed by atoms with Gasteiger partial charge < -0.3 is 15.7 Å². The summed E-state index contributed by atoms with van der Waals surface area (Å²) in [6.45, 7) is 1.51. The zero-order valence-electron chi connectivity index (χ0n) is 10.2. The molecule has 1 atom stereocenters. The van der Waals surface area contributed by atoms with Crippen molar-refractivity contribution in [2.45, 2.75) is 19.4 Å². The Morgan fingerprint density at radius 3 is 2.63 bits per heavy atom. The lowest BCUT2D eigenvalue weighted by atomic mass is 10.2. The van der Waals surface area contributed by atoms with E-state index < -0.39 is 23.7 Å². The molecule has 1 unspecified atom stereocenters. The van der Waals surface area contributed by atoms with Gasteiger partial charge in [-0.2, -0.15) is 0 Å². The molecule has 7 heteroatoms. The predicted molar refractivity (Wildman–Crippen MR) is 69.3 cm³/mol. The van der Waals surface area contributed by atoms with Crippen LogP contribution in [-0.2, 0) is 9.59 Å². The summed E-state index contributed by atoms with van der Waals surface area (Å²) in [5, 5.41) is 13.4. The van der Waals surface area contributed by atoms with Crippen molar-refractivity contribution >= 4 is 29.1 Å². The maximum Gasteiger partial charge on any atom is 0.313 e. The molecule has 1 aromatic carbocycles. The standard InChI is InChI=1S/C12H14ClFN2O3/c1-2-7(6-17)15-11(18)12(19)16-8-3-4-10(14)9(13)5-8/h3-5,7,17H,2,6H2,1H3,(H,15,18)(H,16,19). The summed E-state index contributed by atoms with van der Waals surface area (Å²) < 4.78 is 12.9. The number of aliphatic hydroxyl groups is 1. The largest absolute Gasteiger partial charge is 0.394 e. The summed E-state index contributed by atoms with van der Waals surface area (Å²) in [4.78, 5) is 23.0. The average molecular weight is 289 g/mol. The van der Waals surface area contributed by atoms with Crippen LogP contribution in [0, 0.1) is 5.82 Å². The first-order valence-corrected chi connectivity index (χ1v) is 6.03. The van der Waals surface area contributed by atoms with E-state index in [0.29, 0.717) is 6.42 Å². The van der Waals surface area contributed by atoms with E-state index in [1.165, 1.54) is 12.1 Å². The van der Waals surface area contributed by atoms with Crippen LogP contribution in [0.3, 0.4) is 0 Å². The molecule has 19 heavy (non-hydrogen) atoms. The van der Waals surface area contributed by atoms with Gasteiger partial charge >= 0.3 is 11.8 Å². The van der Waals surface area contributed by atoms with Crippen molar-refractivity contribution in [2.75, 3.05) is 11.9 Å². The molecule has 0 radical (unpaired) electrons. The molecule has 2 amide bonds. The highest BCUT2D eigenvalue weighted by atomic mass is 35.5. The minimum absolute atomic E-state index is 0.153. The highest BCUT2D eigenvalue weighted by Crippen LogP contribution is 2.19. The molecule has 3 N–H and O–H groups in total. The Bertz CT molecular complexity index is 478. The highest BCUT2D eigenvalue weighted by Gasteiger charge is 2.17. The number of carbonyl (C=O) groups is 2. The molecule has 0 aromatic heterocycles. The lowest BCUT2D eigenvalue weighted by molar-refractivity contribution is -0.136. The fraction of sp³-hybridized carbons (Fsp3) is 0.333. The second kappa shape index (κ2) is 7.06. The second-order valence-electron chi connectivity index (χ2n) is 3.84. The molecule has 0 bridgehead atoms. The average Bonchev–Trinajstić information content (AvgIpc) is 2.39. The van der Waals surface area contributed by atoms with Gasteiger partial charge in [0, 0.05) is 5.69 Å². The number of hydrogen-bond acceptors (Lipinski definition) is 3. The molecule has 0 aliphatic heterocycles. The molecule has 104 valence electrons. The zero-order chi connectivity index (χ0) is 14.4. The van der Waals surface area contributed by atoms with Crippen LogP contribution >= 0.6 is 11.6 Å². The van der Waals surface area contributed by atoms with E-state index in [0.717, 1.165) is 6.07 Å². The van der Waals surface area contributed by atoms with E-state index in [2.05, 4.69) is 10.6 Å². The SMILES string of the molecule is CCC(CO)NC(=O)C(=O)Nc1ccc(F)c(Cl)c1. The van der Waals surface area contributed by atoms with E-state index in [1.54, 1.807) is 6.92 Å². The molecule has 0 aliphatic carbocycles. The van der Waals surface area contributed by atoms with Gasteiger partial charge in [-0.15, -0.1) is 0 Å². The number of hydrogen-bond donors (Lipinski definition) is 3. The molecule has 1 aromatic rings. The quantitative estimate of drug-likeness (QED) is 0.731. The fourth-order valence-corrected chi connectivity index (χ4v) is 1.47. The minimum atomic E-state index is -0.908. The van der Waals surface area contributed by atoms with Crippen LogP contribution in [0.4, 0.5) is 10.1 Å². The third kappa shape index (κ3) is 4.50. The van der Waals surface area contributed by atoms with Crippen molar-refractivity contribution in [3.8, 4) is 0 Å². The maximum absolute atomic E-state index is 12.9. The van der Waals surface area contributed by atoms with Gasteiger partial charge in [0.05, 0.1) is 17.7 Å². The molecule has 1 rings (SSSR count). The van der Waals surface area contributed by atoms with E-state index in [1.807, 2.05) is 0 Å². The lowest BCUT2D eigenvalue weighted by Gasteiger charge is -2.13. The van der Waals surface area contributed by atoms with Crippen molar-refractivity contribution < 1.29 is 19.1 Å². The van der Waals surface area contributed by atoms with Crippen LogP contribution in [-0.4, -0.2) is 29.6 Å². The van der Waals surface area contributed by atoms with Gasteiger partial charge in [0.2, 0.25) is 0 Å². The molecule has 0 aliphatic rings. The molecular formula is C12H14ClFN2O3. The number of anilines is 1. The van der Waals surface area contributed by atoms with Gasteiger partial charge in [0.15, 0.2) is 0 Å². The van der Waals surface area contributed by atoms with Crippen molar-refractivity contribution in [3.63, 3.8) is 0 Å². The molecule has 0 spiro atoms. The number of halogens is 2. The summed E-state index contributed by atoms with van der Waals surface area (Å²) in [6, 6.07) is 3.09. The summed E-state index contributed by atoms with van der Waals surface area (Å²) in [5.41, 5.74) is 0.212. The van der Waals surface area contributed by atoms with Gasteiger partial charge in [-0.1, -0.05) is 18.5 Å². The first-order valence-electron chi connectivity index (χ1n) is 5.65. The summed E-state index contributed by atoms with van der Waals surface area (Å²) >= 11 is 5.55. The van der Waals surface area contributed by atoms with Crippen LogP contribution < -0.4 is 10.6 Å². The van der Waals surface area contributed by atoms with Gasteiger partial charge in [0.25, 0.3) is 0 Å². The first kappa shape index (κ1) is 15.4. The second-order valence-corrected chi connectivity index (χ2v) is 4.25. The Balaban J connectivity index is 2.63. The number of amides is 2. The van der Waals surface area contributed by atoms with Crippen molar-refractivity contribution in [1.82, 2.24) is 5.32 Å². The third-order valence-electron chi connectivity index (χ3n) is 2.43. The van der Waals surface area contributed by atoms with Gasteiger partial charge in [0.1, 0.15) is 5.82 Å². The maximum atomic E-state index is 12.9. The Morgan fingerprint density at radius 1 is 1.42 bits per heavy atom. The smallest absolute Gasteiger partial charge is 0.313 e. The van der Waals surface area contributed by atoms with Crippen molar-refractivity contribution in [1.29, 1.82) is 0 Å². The molecule has 0 saturated heterocycles. The normalized spacial score (nSPS) is 11.8. The third-order valence-corrected chi connectivity index (χ3v) is 2.72. The van der Waals surface area contributed by atoms with Gasteiger partial charge in [-0.3, -0.25) is 9.59 Å². The zero-order valence-corrected chi connectivity index (χ0v) is 11.0. The highest BCUT2D eigenvalue weighted by molar-refractivity contribution is 6.40. The Labute approximate surface area is 114 Å². The monoisotopic (exact) mass is 288 g/mol. The van der Waals surface area contributed by atoms with Crippen molar-refractivity contribution in [3.05, 3.63) is 29.0 Å². The minimum Gasteiger partial charge on any atom is -0.394 e. The number of carbonyl (C=O) groups excluding carboxylic acids is 2. The molecule has 0 saturated carbocycles. The summed E-state index contributed by atoms with van der Waals surface area (Å²) in [5.74, 6) is -2.40. The predicted octanol–water partition coefficient (Wildman–Crippen LogP) is 1.30. The van der Waals surface area contributed by atoms with Crippen LogP contribution in [0.5, 0.6) is 0 Å². The molecule has 5 nitrogen and oxygen atoms in total. The Kier molecular flexibility index (Phi) is 5.72. The van der Waals surface area contributed by atoms with Crippen LogP contribution in [0.15, 0.2) is 18.2 Å². The van der Waals surface area contributed by atoms with E-state index >= 15 is 0 Å². The van der Waals surface area contributed by atoms with Crippen molar-refractivity contribution in [2.24, 2.45) is 0 Å². The number of aliphatic hydroxyl groups excluding tert-OH is 1. The topological polar surface area (TPSA) is 78.4 Å². The van der Waals surface area contributed by atoms with E-state index in [9.17, 15) is 14.0 Å². The number of nitrogens with one attached hydrogen (secondary N) is 2. The van der Waals surface area contributed by atoms with Crippen LogP contribution in [0.2, 0.25) is 5.02 Å². The van der Waals surface area contributed by atoms with Crippen LogP contribution in [0.25, 0.3) is 0 Å². The molecule has 0 heterocycles.